The van der Waals surface area contributed by atoms with E-state index < -0.39 is 0 Å². The van der Waals surface area contributed by atoms with Gasteiger partial charge in [0.2, 0.25) is 0 Å². The Bertz CT molecular complexity index is 513. The van der Waals surface area contributed by atoms with E-state index in [9.17, 15) is 4.39 Å². The third kappa shape index (κ3) is 2.32. The van der Waals surface area contributed by atoms with Gasteiger partial charge in [0.05, 0.1) is 16.8 Å². The van der Waals surface area contributed by atoms with Crippen molar-refractivity contribution < 1.29 is 4.39 Å². The van der Waals surface area contributed by atoms with E-state index in [1.807, 2.05) is 0 Å². The number of nitrogens with one attached hydrogen (secondary N) is 1. The molecule has 1 aromatic heterocycles. The van der Waals surface area contributed by atoms with Crippen molar-refractivity contribution in [2.45, 2.75) is 6.54 Å². The first kappa shape index (κ1) is 10.1. The summed E-state index contributed by atoms with van der Waals surface area (Å²) in [6.07, 6.45) is 5.11. The zero-order valence-electron chi connectivity index (χ0n) is 7.96. The topological polar surface area (TPSA) is 24.9 Å². The second-order valence-electron chi connectivity index (χ2n) is 3.03. The van der Waals surface area contributed by atoms with Gasteiger partial charge in [-0.1, -0.05) is 5.92 Å². The number of rotatable bonds is 3. The molecule has 0 unspecified atom stereocenters. The van der Waals surface area contributed by atoms with E-state index in [-0.39, 0.29) is 5.82 Å². The lowest BCUT2D eigenvalue weighted by molar-refractivity contribution is 0.629. The number of terminal acetylenes is 1. The molecule has 0 amide bonds. The van der Waals surface area contributed by atoms with Crippen LogP contribution in [0.25, 0.3) is 10.2 Å². The number of hydrogen-bond donors (Lipinski definition) is 1. The Morgan fingerprint density at radius 1 is 1.53 bits per heavy atom. The highest BCUT2D eigenvalue weighted by Crippen LogP contribution is 2.22. The van der Waals surface area contributed by atoms with E-state index in [0.717, 1.165) is 9.71 Å². The summed E-state index contributed by atoms with van der Waals surface area (Å²) in [5.41, 5.74) is 0.706. The number of thiazole rings is 1. The van der Waals surface area contributed by atoms with E-state index in [1.54, 1.807) is 17.4 Å². The van der Waals surface area contributed by atoms with Crippen LogP contribution in [0.4, 0.5) is 4.39 Å². The van der Waals surface area contributed by atoms with Crippen molar-refractivity contribution in [3.05, 3.63) is 29.0 Å². The molecular formula is C11H9FN2S. The average molecular weight is 220 g/mol. The minimum absolute atomic E-state index is 0.254. The highest BCUT2D eigenvalue weighted by molar-refractivity contribution is 7.18. The maximum Gasteiger partial charge on any atom is 0.125 e. The number of fused-ring (bicyclic) bond motifs is 1. The summed E-state index contributed by atoms with van der Waals surface area (Å²) in [7, 11) is 0. The van der Waals surface area contributed by atoms with Crippen LogP contribution >= 0.6 is 11.3 Å². The largest absolute Gasteiger partial charge is 0.300 e. The van der Waals surface area contributed by atoms with Crippen LogP contribution in [-0.4, -0.2) is 11.5 Å². The first-order chi connectivity index (χ1) is 7.29. The highest BCUT2D eigenvalue weighted by Gasteiger charge is 2.03. The zero-order chi connectivity index (χ0) is 10.7. The third-order valence-corrected chi connectivity index (χ3v) is 2.93. The van der Waals surface area contributed by atoms with Crippen LogP contribution in [0.1, 0.15) is 5.01 Å². The SMILES string of the molecule is C#CCNCc1nc2cc(F)ccc2s1. The van der Waals surface area contributed by atoms with Crippen molar-refractivity contribution in [2.75, 3.05) is 6.54 Å². The standard InChI is InChI=1S/C11H9FN2S/c1-2-5-13-7-11-14-9-6-8(12)3-4-10(9)15-11/h1,3-4,6,13H,5,7H2. The molecule has 76 valence electrons. The summed E-state index contributed by atoms with van der Waals surface area (Å²) in [5.74, 6) is 2.23. The van der Waals surface area contributed by atoms with Crippen molar-refractivity contribution in [3.8, 4) is 12.3 Å². The molecule has 0 atom stereocenters. The van der Waals surface area contributed by atoms with Gasteiger partial charge in [0, 0.05) is 12.6 Å². The Kier molecular flexibility index (Phi) is 2.95. The maximum atomic E-state index is 12.9. The smallest absolute Gasteiger partial charge is 0.125 e. The van der Waals surface area contributed by atoms with Crippen LogP contribution in [0.3, 0.4) is 0 Å². The summed E-state index contributed by atoms with van der Waals surface area (Å²) in [4.78, 5) is 4.29. The Balaban J connectivity index is 2.20. The van der Waals surface area contributed by atoms with E-state index in [2.05, 4.69) is 16.2 Å². The summed E-state index contributed by atoms with van der Waals surface area (Å²) >= 11 is 1.55. The number of aromatic nitrogens is 1. The van der Waals surface area contributed by atoms with Crippen molar-refractivity contribution in [3.63, 3.8) is 0 Å². The van der Waals surface area contributed by atoms with Gasteiger partial charge in [-0.15, -0.1) is 17.8 Å². The normalized spacial score (nSPS) is 10.4. The second-order valence-corrected chi connectivity index (χ2v) is 4.14. The molecule has 0 aliphatic carbocycles. The van der Waals surface area contributed by atoms with Crippen LogP contribution in [0.5, 0.6) is 0 Å². The molecule has 0 aliphatic rings. The van der Waals surface area contributed by atoms with Gasteiger partial charge in [-0.2, -0.15) is 0 Å². The summed E-state index contributed by atoms with van der Waals surface area (Å²) in [6, 6.07) is 4.63. The molecule has 1 aromatic carbocycles. The molecule has 0 saturated heterocycles. The predicted molar refractivity (Wildman–Crippen MR) is 60.1 cm³/mol. The lowest BCUT2D eigenvalue weighted by Crippen LogP contribution is -2.12. The molecule has 0 bridgehead atoms. The van der Waals surface area contributed by atoms with Gasteiger partial charge < -0.3 is 0 Å². The van der Waals surface area contributed by atoms with Gasteiger partial charge in [0.25, 0.3) is 0 Å². The van der Waals surface area contributed by atoms with Crippen molar-refractivity contribution >= 4 is 21.6 Å². The first-order valence-corrected chi connectivity index (χ1v) is 5.30. The Labute approximate surface area is 91.1 Å². The Hall–Kier alpha value is -1.44. The number of benzene rings is 1. The first-order valence-electron chi connectivity index (χ1n) is 4.49. The molecule has 15 heavy (non-hydrogen) atoms. The quantitative estimate of drug-likeness (QED) is 0.633. The average Bonchev–Trinajstić information content (AvgIpc) is 2.60. The zero-order valence-corrected chi connectivity index (χ0v) is 8.77. The number of nitrogens with zero attached hydrogens (tertiary/aromatic N) is 1. The summed E-state index contributed by atoms with van der Waals surface area (Å²) in [6.45, 7) is 1.15. The molecule has 0 spiro atoms. The predicted octanol–water partition coefficient (Wildman–Crippen LogP) is 2.16. The van der Waals surface area contributed by atoms with Crippen LogP contribution in [0, 0.1) is 18.2 Å². The lowest BCUT2D eigenvalue weighted by atomic mass is 10.3. The van der Waals surface area contributed by atoms with Crippen LogP contribution in [-0.2, 0) is 6.54 Å². The molecule has 0 saturated carbocycles. The van der Waals surface area contributed by atoms with Crippen LogP contribution in [0.15, 0.2) is 18.2 Å². The van der Waals surface area contributed by atoms with Crippen molar-refractivity contribution in [1.82, 2.24) is 10.3 Å². The Morgan fingerprint density at radius 3 is 3.20 bits per heavy atom. The van der Waals surface area contributed by atoms with Crippen molar-refractivity contribution in [1.29, 1.82) is 0 Å². The fourth-order valence-electron chi connectivity index (χ4n) is 1.27. The highest BCUT2D eigenvalue weighted by atomic mass is 32.1. The lowest BCUT2D eigenvalue weighted by Gasteiger charge is -1.93. The fourth-order valence-corrected chi connectivity index (χ4v) is 2.18. The van der Waals surface area contributed by atoms with Gasteiger partial charge >= 0.3 is 0 Å². The second kappa shape index (κ2) is 4.39. The molecule has 1 heterocycles. The molecule has 0 aliphatic heterocycles. The van der Waals surface area contributed by atoms with Gasteiger partial charge in [0.15, 0.2) is 0 Å². The van der Waals surface area contributed by atoms with Gasteiger partial charge in [-0.25, -0.2) is 9.37 Å². The molecule has 1 N–H and O–H groups in total. The fraction of sp³-hybridized carbons (Fsp3) is 0.182. The molecular weight excluding hydrogens is 211 g/mol. The molecule has 4 heteroatoms. The number of hydrogen-bond acceptors (Lipinski definition) is 3. The van der Waals surface area contributed by atoms with Gasteiger partial charge in [0.1, 0.15) is 10.8 Å². The summed E-state index contributed by atoms with van der Waals surface area (Å²) in [5, 5.41) is 3.97. The third-order valence-electron chi connectivity index (χ3n) is 1.90. The van der Waals surface area contributed by atoms with Crippen LogP contribution < -0.4 is 5.32 Å². The van der Waals surface area contributed by atoms with E-state index in [4.69, 9.17) is 6.42 Å². The monoisotopic (exact) mass is 220 g/mol. The molecule has 2 nitrogen and oxygen atoms in total. The number of halogens is 1. The maximum absolute atomic E-state index is 12.9. The van der Waals surface area contributed by atoms with E-state index in [1.165, 1.54) is 12.1 Å². The Morgan fingerprint density at radius 2 is 2.40 bits per heavy atom. The van der Waals surface area contributed by atoms with Crippen molar-refractivity contribution in [2.24, 2.45) is 0 Å². The molecule has 2 rings (SSSR count). The van der Waals surface area contributed by atoms with Gasteiger partial charge in [-0.3, -0.25) is 5.32 Å². The van der Waals surface area contributed by atoms with E-state index in [0.29, 0.717) is 18.6 Å². The van der Waals surface area contributed by atoms with Crippen LogP contribution in [0.2, 0.25) is 0 Å². The minimum atomic E-state index is -0.254. The molecule has 0 fully saturated rings. The van der Waals surface area contributed by atoms with Gasteiger partial charge in [-0.05, 0) is 12.1 Å². The molecule has 2 aromatic rings. The summed E-state index contributed by atoms with van der Waals surface area (Å²) < 4.78 is 13.9. The molecule has 0 radical (unpaired) electrons. The van der Waals surface area contributed by atoms with E-state index >= 15 is 0 Å². The minimum Gasteiger partial charge on any atom is -0.300 e.